The second-order valence-electron chi connectivity index (χ2n) is 8.33. The minimum Gasteiger partial charge on any atom is -0.487 e. The number of anilines is 1. The van der Waals surface area contributed by atoms with Crippen molar-refractivity contribution in [3.63, 3.8) is 0 Å². The highest BCUT2D eigenvalue weighted by molar-refractivity contribution is 5.93. The Hall–Kier alpha value is -3.00. The Morgan fingerprint density at radius 2 is 2.00 bits per heavy atom. The van der Waals surface area contributed by atoms with Crippen LogP contribution < -0.4 is 10.1 Å². The average molecular weight is 442 g/mol. The van der Waals surface area contributed by atoms with Crippen molar-refractivity contribution >= 4 is 17.6 Å². The SMILES string of the molecule is CCc1cc(-c2ccnc(NC(=O)C3CC3)c2)ccc1OC1CCN(C(=O)CO)CC1F. The third-order valence-electron chi connectivity index (χ3n) is 5.98. The topological polar surface area (TPSA) is 91.8 Å². The van der Waals surface area contributed by atoms with Gasteiger partial charge in [0.15, 0.2) is 6.17 Å². The van der Waals surface area contributed by atoms with Crippen LogP contribution in [0.2, 0.25) is 0 Å². The first-order valence-electron chi connectivity index (χ1n) is 11.1. The maximum absolute atomic E-state index is 14.6. The van der Waals surface area contributed by atoms with Crippen LogP contribution in [0.25, 0.3) is 11.1 Å². The number of aliphatic hydroxyl groups excluding tert-OH is 1. The number of nitrogens with one attached hydrogen (secondary N) is 1. The molecule has 0 bridgehead atoms. The molecule has 2 atom stereocenters. The maximum atomic E-state index is 14.6. The normalized spacial score (nSPS) is 20.7. The van der Waals surface area contributed by atoms with Crippen molar-refractivity contribution in [3.8, 4) is 16.9 Å². The zero-order valence-corrected chi connectivity index (χ0v) is 18.1. The Labute approximate surface area is 186 Å². The first-order chi connectivity index (χ1) is 15.5. The lowest BCUT2D eigenvalue weighted by atomic mass is 10.0. The number of amides is 2. The van der Waals surface area contributed by atoms with Gasteiger partial charge in [-0.05, 0) is 60.2 Å². The fraction of sp³-hybridized carbons (Fsp3) is 0.458. The van der Waals surface area contributed by atoms with Gasteiger partial charge in [0.1, 0.15) is 24.3 Å². The molecule has 2 unspecified atom stereocenters. The predicted octanol–water partition coefficient (Wildman–Crippen LogP) is 2.97. The van der Waals surface area contributed by atoms with E-state index < -0.39 is 24.8 Å². The highest BCUT2D eigenvalue weighted by Gasteiger charge is 2.33. The van der Waals surface area contributed by atoms with Crippen molar-refractivity contribution in [1.29, 1.82) is 0 Å². The van der Waals surface area contributed by atoms with Gasteiger partial charge in [0, 0.05) is 25.1 Å². The minimum atomic E-state index is -1.32. The highest BCUT2D eigenvalue weighted by atomic mass is 19.1. The molecule has 1 saturated carbocycles. The number of halogens is 1. The van der Waals surface area contributed by atoms with Gasteiger partial charge in [-0.25, -0.2) is 9.37 Å². The number of carbonyl (C=O) groups is 2. The highest BCUT2D eigenvalue weighted by Crippen LogP contribution is 2.32. The van der Waals surface area contributed by atoms with Gasteiger partial charge >= 0.3 is 0 Å². The van der Waals surface area contributed by atoms with Crippen LogP contribution in [0.3, 0.4) is 0 Å². The molecule has 2 amide bonds. The number of benzene rings is 1. The standard InChI is InChI=1S/C24H28FN3O4/c1-2-15-11-17(18-7-9-26-22(12-18)27-24(31)16-3-4-16)5-6-20(15)32-21-8-10-28(13-19(21)25)23(30)14-29/h5-7,9,11-12,16,19,21,29H,2-4,8,10,13-14H2,1H3,(H,26,27,31). The average Bonchev–Trinajstić information content (AvgIpc) is 3.66. The number of aryl methyl sites for hydroxylation is 1. The molecule has 2 N–H and O–H groups in total. The van der Waals surface area contributed by atoms with Gasteiger partial charge in [0.2, 0.25) is 11.8 Å². The van der Waals surface area contributed by atoms with E-state index in [1.807, 2.05) is 37.3 Å². The van der Waals surface area contributed by atoms with E-state index in [0.717, 1.165) is 29.5 Å². The Bertz CT molecular complexity index is 995. The van der Waals surface area contributed by atoms with E-state index in [4.69, 9.17) is 9.84 Å². The number of aromatic nitrogens is 1. The molecule has 0 spiro atoms. The van der Waals surface area contributed by atoms with E-state index in [9.17, 15) is 14.0 Å². The third-order valence-corrected chi connectivity index (χ3v) is 5.98. The van der Waals surface area contributed by atoms with Gasteiger partial charge in [-0.2, -0.15) is 0 Å². The van der Waals surface area contributed by atoms with E-state index in [1.54, 1.807) is 6.20 Å². The number of carbonyl (C=O) groups excluding carboxylic acids is 2. The molecule has 1 aliphatic carbocycles. The molecule has 1 aromatic heterocycles. The van der Waals surface area contributed by atoms with Gasteiger partial charge in [-0.1, -0.05) is 13.0 Å². The van der Waals surface area contributed by atoms with Crippen LogP contribution in [-0.4, -0.2) is 58.8 Å². The number of hydrogen-bond donors (Lipinski definition) is 2. The molecule has 32 heavy (non-hydrogen) atoms. The van der Waals surface area contributed by atoms with Gasteiger partial charge in [0.25, 0.3) is 0 Å². The molecular formula is C24H28FN3O4. The third kappa shape index (κ3) is 5.07. The van der Waals surface area contributed by atoms with Crippen LogP contribution in [0.5, 0.6) is 5.75 Å². The molecule has 1 saturated heterocycles. The summed E-state index contributed by atoms with van der Waals surface area (Å²) in [7, 11) is 0. The number of hydrogen-bond acceptors (Lipinski definition) is 5. The number of aliphatic hydroxyl groups is 1. The van der Waals surface area contributed by atoms with Gasteiger partial charge in [0.05, 0.1) is 6.54 Å². The van der Waals surface area contributed by atoms with Crippen LogP contribution >= 0.6 is 0 Å². The number of nitrogens with zero attached hydrogens (tertiary/aromatic N) is 2. The summed E-state index contributed by atoms with van der Waals surface area (Å²) in [4.78, 5) is 29.2. The second-order valence-corrected chi connectivity index (χ2v) is 8.33. The summed E-state index contributed by atoms with van der Waals surface area (Å²) in [6.45, 7) is 1.68. The minimum absolute atomic E-state index is 0.0140. The number of rotatable bonds is 7. The molecule has 2 heterocycles. The van der Waals surface area contributed by atoms with E-state index in [2.05, 4.69) is 10.3 Å². The van der Waals surface area contributed by atoms with Gasteiger partial charge < -0.3 is 20.1 Å². The van der Waals surface area contributed by atoms with Crippen LogP contribution in [0.4, 0.5) is 10.2 Å². The molecule has 8 heteroatoms. The number of likely N-dealkylation sites (tertiary alicyclic amines) is 1. The summed E-state index contributed by atoms with van der Waals surface area (Å²) in [5.74, 6) is 0.816. The molecule has 2 aliphatic rings. The molecule has 170 valence electrons. The molecule has 1 aromatic carbocycles. The molecule has 2 fully saturated rings. The van der Waals surface area contributed by atoms with Gasteiger partial charge in [-0.3, -0.25) is 9.59 Å². The van der Waals surface area contributed by atoms with Gasteiger partial charge in [-0.15, -0.1) is 0 Å². The fourth-order valence-electron chi connectivity index (χ4n) is 3.91. The van der Waals surface area contributed by atoms with Crippen molar-refractivity contribution in [2.24, 2.45) is 5.92 Å². The van der Waals surface area contributed by atoms with Crippen LogP contribution in [0.1, 0.15) is 31.7 Å². The zero-order valence-electron chi connectivity index (χ0n) is 18.1. The summed E-state index contributed by atoms with van der Waals surface area (Å²) in [6, 6.07) is 9.49. The van der Waals surface area contributed by atoms with Crippen molar-refractivity contribution in [3.05, 3.63) is 42.1 Å². The molecular weight excluding hydrogens is 413 g/mol. The Morgan fingerprint density at radius 3 is 2.69 bits per heavy atom. The quantitative estimate of drug-likeness (QED) is 0.689. The lowest BCUT2D eigenvalue weighted by molar-refractivity contribution is -0.138. The Balaban J connectivity index is 1.46. The number of ether oxygens (including phenoxy) is 1. The lowest BCUT2D eigenvalue weighted by Crippen LogP contribution is -2.50. The van der Waals surface area contributed by atoms with E-state index in [-0.39, 0.29) is 18.4 Å². The number of piperidine rings is 1. The van der Waals surface area contributed by atoms with Crippen molar-refractivity contribution in [2.45, 2.75) is 44.9 Å². The van der Waals surface area contributed by atoms with Crippen molar-refractivity contribution < 1.29 is 23.8 Å². The summed E-state index contributed by atoms with van der Waals surface area (Å²) >= 11 is 0. The summed E-state index contributed by atoms with van der Waals surface area (Å²) < 4.78 is 20.6. The first-order valence-corrected chi connectivity index (χ1v) is 11.1. The van der Waals surface area contributed by atoms with E-state index in [0.29, 0.717) is 31.0 Å². The first kappa shape index (κ1) is 22.2. The lowest BCUT2D eigenvalue weighted by Gasteiger charge is -2.34. The van der Waals surface area contributed by atoms with Crippen molar-refractivity contribution in [2.75, 3.05) is 25.0 Å². The molecule has 1 aliphatic heterocycles. The summed E-state index contributed by atoms with van der Waals surface area (Å²) in [5, 5.41) is 11.8. The largest absolute Gasteiger partial charge is 0.487 e. The van der Waals surface area contributed by atoms with Crippen LogP contribution in [-0.2, 0) is 16.0 Å². The maximum Gasteiger partial charge on any atom is 0.248 e. The Kier molecular flexibility index (Phi) is 6.69. The molecule has 7 nitrogen and oxygen atoms in total. The summed E-state index contributed by atoms with van der Waals surface area (Å²) in [5.41, 5.74) is 2.83. The molecule has 2 aromatic rings. The predicted molar refractivity (Wildman–Crippen MR) is 118 cm³/mol. The molecule has 4 rings (SSSR count). The van der Waals surface area contributed by atoms with Crippen LogP contribution in [0, 0.1) is 5.92 Å². The number of alkyl halides is 1. The van der Waals surface area contributed by atoms with E-state index >= 15 is 0 Å². The van der Waals surface area contributed by atoms with E-state index in [1.165, 1.54) is 4.90 Å². The monoisotopic (exact) mass is 441 g/mol. The fourth-order valence-corrected chi connectivity index (χ4v) is 3.91. The summed E-state index contributed by atoms with van der Waals surface area (Å²) in [6.07, 6.45) is 2.65. The smallest absolute Gasteiger partial charge is 0.248 e. The van der Waals surface area contributed by atoms with Crippen molar-refractivity contribution in [1.82, 2.24) is 9.88 Å². The molecule has 0 radical (unpaired) electrons. The van der Waals surface area contributed by atoms with Crippen LogP contribution in [0.15, 0.2) is 36.5 Å². The number of pyridine rings is 1. The second kappa shape index (κ2) is 9.65. The Morgan fingerprint density at radius 1 is 1.22 bits per heavy atom. The zero-order chi connectivity index (χ0) is 22.7.